The molecular weight excluding hydrogens is 528 g/mol. The fourth-order valence-electron chi connectivity index (χ4n) is 2.89. The summed E-state index contributed by atoms with van der Waals surface area (Å²) in [5.41, 5.74) is -2.14. The Balaban J connectivity index is 1.85. The van der Waals surface area contributed by atoms with Crippen LogP contribution in [0.25, 0.3) is 0 Å². The third kappa shape index (κ3) is 6.51. The molecule has 3 N–H and O–H groups in total. The van der Waals surface area contributed by atoms with E-state index in [0.717, 1.165) is 54.6 Å². The standard InChI is InChI=1S/C24H14O13S/c25-19(26)12-1-5-14(6-2-12)21(29)36-23(31)16-9-17(11-18(10-16)38(33,34)35)24(32)37-22(30)15-7-3-13(4-8-15)20(27)28/h1-11H,(H,25,26)(H,27,28)(H,33,34,35). The zero-order valence-electron chi connectivity index (χ0n) is 18.7. The smallest absolute Gasteiger partial charge is 0.346 e. The lowest BCUT2D eigenvalue weighted by molar-refractivity contribution is 0.0386. The first-order chi connectivity index (χ1) is 17.8. The maximum absolute atomic E-state index is 12.5. The van der Waals surface area contributed by atoms with Crippen molar-refractivity contribution < 1.29 is 61.4 Å². The van der Waals surface area contributed by atoms with Crippen molar-refractivity contribution in [1.29, 1.82) is 0 Å². The summed E-state index contributed by atoms with van der Waals surface area (Å²) in [7, 11) is -5.00. The lowest BCUT2D eigenvalue weighted by atomic mass is 10.1. The van der Waals surface area contributed by atoms with E-state index in [9.17, 15) is 41.7 Å². The highest BCUT2D eigenvalue weighted by molar-refractivity contribution is 7.85. The molecule has 0 saturated heterocycles. The lowest BCUT2D eigenvalue weighted by Crippen LogP contribution is -2.17. The van der Waals surface area contributed by atoms with Crippen LogP contribution in [0.3, 0.4) is 0 Å². The molecule has 0 aromatic heterocycles. The highest BCUT2D eigenvalue weighted by atomic mass is 32.2. The van der Waals surface area contributed by atoms with Crippen LogP contribution in [0.2, 0.25) is 0 Å². The summed E-state index contributed by atoms with van der Waals surface area (Å²) >= 11 is 0. The molecule has 0 unspecified atom stereocenters. The molecular formula is C24H14O13S. The van der Waals surface area contributed by atoms with Crippen molar-refractivity contribution in [2.45, 2.75) is 4.90 Å². The van der Waals surface area contributed by atoms with Crippen LogP contribution in [0.5, 0.6) is 0 Å². The van der Waals surface area contributed by atoms with Gasteiger partial charge in [0.2, 0.25) is 0 Å². The molecule has 0 atom stereocenters. The molecule has 13 nitrogen and oxygen atoms in total. The second-order valence-corrected chi connectivity index (χ2v) is 8.76. The Morgan fingerprint density at radius 2 is 0.789 bits per heavy atom. The van der Waals surface area contributed by atoms with Gasteiger partial charge in [0.1, 0.15) is 0 Å². The highest BCUT2D eigenvalue weighted by Gasteiger charge is 2.24. The Hall–Kier alpha value is -5.21. The normalized spacial score (nSPS) is 10.8. The number of carboxylic acid groups (broad SMARTS) is 2. The lowest BCUT2D eigenvalue weighted by Gasteiger charge is -2.08. The Kier molecular flexibility index (Phi) is 7.79. The number of carboxylic acids is 2. The predicted octanol–water partition coefficient (Wildman–Crippen LogP) is 2.32. The maximum atomic E-state index is 12.5. The van der Waals surface area contributed by atoms with Crippen molar-refractivity contribution in [2.75, 3.05) is 0 Å². The Morgan fingerprint density at radius 3 is 1.08 bits per heavy atom. The Labute approximate surface area is 212 Å². The first-order valence-electron chi connectivity index (χ1n) is 10.1. The summed E-state index contributed by atoms with van der Waals surface area (Å²) < 4.78 is 42.0. The number of ether oxygens (including phenoxy) is 2. The molecule has 0 bridgehead atoms. The van der Waals surface area contributed by atoms with Crippen LogP contribution < -0.4 is 0 Å². The van der Waals surface area contributed by atoms with Crippen LogP contribution in [0.4, 0.5) is 0 Å². The van der Waals surface area contributed by atoms with Crippen LogP contribution in [0.1, 0.15) is 62.1 Å². The quantitative estimate of drug-likeness (QED) is 0.222. The summed E-state index contributed by atoms with van der Waals surface area (Å²) in [5, 5.41) is 17.8. The summed E-state index contributed by atoms with van der Waals surface area (Å²) in [6, 6.07) is 10.5. The summed E-state index contributed by atoms with van der Waals surface area (Å²) in [4.78, 5) is 70.4. The summed E-state index contributed by atoms with van der Waals surface area (Å²) in [5.74, 6) is -7.92. The average molecular weight is 542 g/mol. The second kappa shape index (κ2) is 10.8. The SMILES string of the molecule is O=C(O)c1ccc(C(=O)OC(=O)c2cc(C(=O)OC(=O)c3ccc(C(=O)O)cc3)cc(S(=O)(=O)O)c2)cc1. The van der Waals surface area contributed by atoms with Gasteiger partial charge in [-0.2, -0.15) is 8.42 Å². The molecule has 0 aliphatic rings. The van der Waals surface area contributed by atoms with E-state index in [2.05, 4.69) is 9.47 Å². The molecule has 0 heterocycles. The third-order valence-corrected chi connectivity index (χ3v) is 5.61. The first kappa shape index (κ1) is 27.4. The van der Waals surface area contributed by atoms with Gasteiger partial charge in [0.05, 0.1) is 38.3 Å². The molecule has 0 aliphatic carbocycles. The summed E-state index contributed by atoms with van der Waals surface area (Å²) in [6.07, 6.45) is 0. The number of carbonyl (C=O) groups excluding carboxylic acids is 4. The molecule has 194 valence electrons. The van der Waals surface area contributed by atoms with Gasteiger partial charge in [-0.3, -0.25) is 4.55 Å². The van der Waals surface area contributed by atoms with Crippen LogP contribution in [0.15, 0.2) is 71.6 Å². The van der Waals surface area contributed by atoms with E-state index in [1.54, 1.807) is 0 Å². The molecule has 0 radical (unpaired) electrons. The minimum atomic E-state index is -5.00. The molecule has 0 aliphatic heterocycles. The highest BCUT2D eigenvalue weighted by Crippen LogP contribution is 2.19. The van der Waals surface area contributed by atoms with E-state index in [-0.39, 0.29) is 22.3 Å². The fourth-order valence-corrected chi connectivity index (χ4v) is 3.44. The van der Waals surface area contributed by atoms with Crippen LogP contribution in [-0.2, 0) is 19.6 Å². The van der Waals surface area contributed by atoms with E-state index in [1.165, 1.54) is 0 Å². The van der Waals surface area contributed by atoms with Gasteiger partial charge in [-0.1, -0.05) is 0 Å². The van der Waals surface area contributed by atoms with E-state index in [4.69, 9.17) is 10.2 Å². The zero-order valence-corrected chi connectivity index (χ0v) is 19.5. The number of hydrogen-bond donors (Lipinski definition) is 3. The van der Waals surface area contributed by atoms with Crippen molar-refractivity contribution in [1.82, 2.24) is 0 Å². The molecule has 14 heteroatoms. The zero-order chi connectivity index (χ0) is 28.2. The Bertz CT molecular complexity index is 1480. The maximum Gasteiger partial charge on any atom is 0.346 e. The molecule has 38 heavy (non-hydrogen) atoms. The number of carbonyl (C=O) groups is 6. The van der Waals surface area contributed by atoms with Gasteiger partial charge in [0.15, 0.2) is 0 Å². The van der Waals surface area contributed by atoms with E-state index in [0.29, 0.717) is 12.1 Å². The molecule has 0 spiro atoms. The van der Waals surface area contributed by atoms with Crippen molar-refractivity contribution in [2.24, 2.45) is 0 Å². The van der Waals surface area contributed by atoms with Crippen LogP contribution in [0, 0.1) is 0 Å². The minimum Gasteiger partial charge on any atom is -0.478 e. The van der Waals surface area contributed by atoms with Gasteiger partial charge in [-0.05, 0) is 66.7 Å². The second-order valence-electron chi connectivity index (χ2n) is 7.34. The summed E-state index contributed by atoms with van der Waals surface area (Å²) in [6.45, 7) is 0. The van der Waals surface area contributed by atoms with Gasteiger partial charge in [0.25, 0.3) is 10.1 Å². The fraction of sp³-hybridized carbons (Fsp3) is 0. The van der Waals surface area contributed by atoms with Crippen molar-refractivity contribution >= 4 is 45.9 Å². The molecule has 0 fully saturated rings. The Morgan fingerprint density at radius 1 is 0.500 bits per heavy atom. The molecule has 0 saturated carbocycles. The number of benzene rings is 3. The molecule has 3 aromatic rings. The average Bonchev–Trinajstić information content (AvgIpc) is 2.87. The van der Waals surface area contributed by atoms with Crippen molar-refractivity contribution in [3.63, 3.8) is 0 Å². The predicted molar refractivity (Wildman–Crippen MR) is 123 cm³/mol. The topological polar surface area (TPSA) is 216 Å². The number of aromatic carboxylic acids is 2. The van der Waals surface area contributed by atoms with E-state index >= 15 is 0 Å². The van der Waals surface area contributed by atoms with E-state index in [1.807, 2.05) is 0 Å². The van der Waals surface area contributed by atoms with Gasteiger partial charge < -0.3 is 19.7 Å². The van der Waals surface area contributed by atoms with Crippen LogP contribution >= 0.6 is 0 Å². The molecule has 3 aromatic carbocycles. The molecule has 0 amide bonds. The van der Waals surface area contributed by atoms with Crippen molar-refractivity contribution in [3.05, 3.63) is 100 Å². The van der Waals surface area contributed by atoms with Gasteiger partial charge >= 0.3 is 35.8 Å². The van der Waals surface area contributed by atoms with Gasteiger partial charge in [-0.25, -0.2) is 28.8 Å². The third-order valence-electron chi connectivity index (χ3n) is 4.78. The van der Waals surface area contributed by atoms with Crippen molar-refractivity contribution in [3.8, 4) is 0 Å². The number of rotatable bonds is 7. The number of hydrogen-bond acceptors (Lipinski definition) is 10. The van der Waals surface area contributed by atoms with Crippen LogP contribution in [-0.4, -0.2) is 59.0 Å². The first-order valence-corrected chi connectivity index (χ1v) is 11.5. The minimum absolute atomic E-state index is 0.149. The molecule has 3 rings (SSSR count). The van der Waals surface area contributed by atoms with Gasteiger partial charge in [0, 0.05) is 0 Å². The largest absolute Gasteiger partial charge is 0.478 e. The number of esters is 4. The van der Waals surface area contributed by atoms with Gasteiger partial charge in [-0.15, -0.1) is 0 Å². The van der Waals surface area contributed by atoms with E-state index < -0.39 is 62.0 Å². The monoisotopic (exact) mass is 542 g/mol.